The zero-order chi connectivity index (χ0) is 27.8. The molecule has 1 N–H and O–H groups in total. The standard InChI is InChI=1S/C17H11ClF3N3O.C10H6Cl2N2/c18-14-10-15(24-16(23-14)11-4-2-1-3-5-11)22-12-6-8-13(9-7-12)25-17(19,20)21;11-8-6-9(12)14-10(13-8)7-4-2-1-3-5-7/h1-10H,(H,22,23,24);1-6H. The fourth-order valence-electron chi connectivity index (χ4n) is 3.19. The molecule has 0 amide bonds. The number of aromatic nitrogens is 4. The van der Waals surface area contributed by atoms with Crippen LogP contribution >= 0.6 is 34.8 Å². The lowest BCUT2D eigenvalue weighted by atomic mass is 10.2. The van der Waals surface area contributed by atoms with Crippen LogP contribution in [0.15, 0.2) is 97.1 Å². The maximum Gasteiger partial charge on any atom is 0.573 e. The lowest BCUT2D eigenvalue weighted by Gasteiger charge is -2.11. The van der Waals surface area contributed by atoms with E-state index in [2.05, 4.69) is 30.0 Å². The van der Waals surface area contributed by atoms with Crippen molar-refractivity contribution in [2.24, 2.45) is 0 Å². The number of anilines is 2. The SMILES string of the molecule is Clc1cc(Cl)nc(-c2ccccc2)n1.FC(F)(F)Oc1ccc(Nc2cc(Cl)nc(-c3ccccc3)n2)cc1. The maximum atomic E-state index is 12.2. The number of hydrogen-bond donors (Lipinski definition) is 1. The first kappa shape index (κ1) is 28.1. The van der Waals surface area contributed by atoms with Gasteiger partial charge in [0.1, 0.15) is 27.0 Å². The Morgan fingerprint density at radius 3 is 1.54 bits per heavy atom. The largest absolute Gasteiger partial charge is 0.573 e. The lowest BCUT2D eigenvalue weighted by Crippen LogP contribution is -2.16. The summed E-state index contributed by atoms with van der Waals surface area (Å²) in [7, 11) is 0. The van der Waals surface area contributed by atoms with Gasteiger partial charge in [-0.05, 0) is 24.3 Å². The molecule has 0 radical (unpaired) electrons. The summed E-state index contributed by atoms with van der Waals surface area (Å²) in [6.07, 6.45) is -4.72. The van der Waals surface area contributed by atoms with Crippen molar-refractivity contribution in [3.05, 3.63) is 113 Å². The Balaban J connectivity index is 0.000000212. The first-order chi connectivity index (χ1) is 18.6. The molecular weight excluding hydrogens is 574 g/mol. The molecule has 3 aromatic carbocycles. The van der Waals surface area contributed by atoms with Crippen molar-refractivity contribution in [1.82, 2.24) is 19.9 Å². The summed E-state index contributed by atoms with van der Waals surface area (Å²) in [4.78, 5) is 16.7. The number of rotatable bonds is 5. The van der Waals surface area contributed by atoms with E-state index in [0.717, 1.165) is 11.1 Å². The Bertz CT molecular complexity index is 1500. The van der Waals surface area contributed by atoms with E-state index in [-0.39, 0.29) is 10.9 Å². The van der Waals surface area contributed by atoms with Crippen LogP contribution in [0, 0.1) is 0 Å². The van der Waals surface area contributed by atoms with Gasteiger partial charge in [-0.25, -0.2) is 19.9 Å². The van der Waals surface area contributed by atoms with E-state index in [0.29, 0.717) is 33.5 Å². The van der Waals surface area contributed by atoms with Crippen LogP contribution in [0.3, 0.4) is 0 Å². The molecular formula is C27H17Cl3F3N5O. The topological polar surface area (TPSA) is 72.8 Å². The molecule has 0 bridgehead atoms. The van der Waals surface area contributed by atoms with Gasteiger partial charge in [-0.15, -0.1) is 13.2 Å². The minimum atomic E-state index is -4.72. The first-order valence-electron chi connectivity index (χ1n) is 11.1. The number of halogens is 6. The van der Waals surface area contributed by atoms with Gasteiger partial charge in [0.15, 0.2) is 11.6 Å². The Morgan fingerprint density at radius 2 is 1.05 bits per heavy atom. The molecule has 0 aliphatic heterocycles. The van der Waals surface area contributed by atoms with Gasteiger partial charge in [-0.1, -0.05) is 95.5 Å². The van der Waals surface area contributed by atoms with E-state index >= 15 is 0 Å². The van der Waals surface area contributed by atoms with Crippen molar-refractivity contribution in [2.75, 3.05) is 5.32 Å². The molecule has 12 heteroatoms. The lowest BCUT2D eigenvalue weighted by molar-refractivity contribution is -0.274. The van der Waals surface area contributed by atoms with E-state index in [9.17, 15) is 13.2 Å². The Hall–Kier alpha value is -3.92. The summed E-state index contributed by atoms with van der Waals surface area (Å²) in [5.41, 5.74) is 2.22. The quantitative estimate of drug-likeness (QED) is 0.206. The molecule has 6 nitrogen and oxygen atoms in total. The van der Waals surface area contributed by atoms with E-state index in [1.807, 2.05) is 60.7 Å². The van der Waals surface area contributed by atoms with Crippen LogP contribution < -0.4 is 10.1 Å². The number of nitrogens with zero attached hydrogens (tertiary/aromatic N) is 4. The summed E-state index contributed by atoms with van der Waals surface area (Å²) in [6, 6.07) is 27.2. The maximum absolute atomic E-state index is 12.2. The van der Waals surface area contributed by atoms with E-state index < -0.39 is 6.36 Å². The van der Waals surface area contributed by atoms with Gasteiger partial charge in [-0.3, -0.25) is 0 Å². The molecule has 0 saturated carbocycles. The van der Waals surface area contributed by atoms with Crippen LogP contribution in [0.25, 0.3) is 22.8 Å². The molecule has 0 unspecified atom stereocenters. The van der Waals surface area contributed by atoms with Crippen molar-refractivity contribution in [2.45, 2.75) is 6.36 Å². The number of hydrogen-bond acceptors (Lipinski definition) is 6. The third-order valence-corrected chi connectivity index (χ3v) is 5.36. The normalized spacial score (nSPS) is 10.8. The van der Waals surface area contributed by atoms with Crippen LogP contribution in [0.4, 0.5) is 24.7 Å². The highest BCUT2D eigenvalue weighted by Gasteiger charge is 2.30. The molecule has 0 aliphatic carbocycles. The second-order valence-corrected chi connectivity index (χ2v) is 8.83. The van der Waals surface area contributed by atoms with Crippen LogP contribution in [-0.4, -0.2) is 26.3 Å². The summed E-state index contributed by atoms with van der Waals surface area (Å²) in [5, 5.41) is 3.92. The van der Waals surface area contributed by atoms with Crippen molar-refractivity contribution in [3.8, 4) is 28.5 Å². The predicted octanol–water partition coefficient (Wildman–Crippen LogP) is 8.89. The number of benzene rings is 3. The molecule has 2 aromatic heterocycles. The number of ether oxygens (including phenoxy) is 1. The van der Waals surface area contributed by atoms with Crippen LogP contribution in [0.5, 0.6) is 5.75 Å². The average Bonchev–Trinajstić information content (AvgIpc) is 2.90. The van der Waals surface area contributed by atoms with E-state index in [1.165, 1.54) is 36.4 Å². The number of alkyl halides is 3. The Morgan fingerprint density at radius 1 is 0.590 bits per heavy atom. The fraction of sp³-hybridized carbons (Fsp3) is 0.0370. The van der Waals surface area contributed by atoms with Crippen molar-refractivity contribution < 1.29 is 17.9 Å². The average molecular weight is 591 g/mol. The van der Waals surface area contributed by atoms with Gasteiger partial charge >= 0.3 is 6.36 Å². The van der Waals surface area contributed by atoms with Crippen molar-refractivity contribution >= 4 is 46.3 Å². The minimum Gasteiger partial charge on any atom is -0.406 e. The molecule has 2 heterocycles. The third kappa shape index (κ3) is 8.81. The van der Waals surface area contributed by atoms with Gasteiger partial charge in [-0.2, -0.15) is 0 Å². The van der Waals surface area contributed by atoms with Gasteiger partial charge < -0.3 is 10.1 Å². The summed E-state index contributed by atoms with van der Waals surface area (Å²) >= 11 is 17.6. The fourth-order valence-corrected chi connectivity index (χ4v) is 3.80. The number of nitrogens with one attached hydrogen (secondary N) is 1. The van der Waals surface area contributed by atoms with Crippen molar-refractivity contribution in [1.29, 1.82) is 0 Å². The zero-order valence-corrected chi connectivity index (χ0v) is 22.0. The molecule has 198 valence electrons. The van der Waals surface area contributed by atoms with E-state index in [4.69, 9.17) is 34.8 Å². The molecule has 5 aromatic rings. The third-order valence-electron chi connectivity index (χ3n) is 4.78. The van der Waals surface area contributed by atoms with E-state index in [1.54, 1.807) is 0 Å². The highest BCUT2D eigenvalue weighted by atomic mass is 35.5. The smallest absolute Gasteiger partial charge is 0.406 e. The molecule has 39 heavy (non-hydrogen) atoms. The summed E-state index contributed by atoms with van der Waals surface area (Å²) in [5.74, 6) is 1.10. The zero-order valence-electron chi connectivity index (χ0n) is 19.7. The van der Waals surface area contributed by atoms with Gasteiger partial charge in [0, 0.05) is 28.9 Å². The highest BCUT2D eigenvalue weighted by Crippen LogP contribution is 2.26. The van der Waals surface area contributed by atoms with Gasteiger partial charge in [0.25, 0.3) is 0 Å². The Kier molecular flexibility index (Phi) is 9.19. The van der Waals surface area contributed by atoms with Crippen molar-refractivity contribution in [3.63, 3.8) is 0 Å². The van der Waals surface area contributed by atoms with Crippen LogP contribution in [-0.2, 0) is 0 Å². The first-order valence-corrected chi connectivity index (χ1v) is 12.3. The molecule has 5 rings (SSSR count). The van der Waals surface area contributed by atoms with Gasteiger partial charge in [0.2, 0.25) is 0 Å². The summed E-state index contributed by atoms with van der Waals surface area (Å²) in [6.45, 7) is 0. The van der Waals surface area contributed by atoms with Crippen LogP contribution in [0.2, 0.25) is 15.5 Å². The summed E-state index contributed by atoms with van der Waals surface area (Å²) < 4.78 is 40.3. The Labute approximate surface area is 236 Å². The predicted molar refractivity (Wildman–Crippen MR) is 146 cm³/mol. The van der Waals surface area contributed by atoms with Gasteiger partial charge in [0.05, 0.1) is 0 Å². The minimum absolute atomic E-state index is 0.244. The molecule has 0 spiro atoms. The molecule has 0 aliphatic rings. The second-order valence-electron chi connectivity index (χ2n) is 7.67. The molecule has 0 saturated heterocycles. The van der Waals surface area contributed by atoms with Crippen LogP contribution in [0.1, 0.15) is 0 Å². The molecule has 0 fully saturated rings. The molecule has 0 atom stereocenters. The highest BCUT2D eigenvalue weighted by molar-refractivity contribution is 6.33. The second kappa shape index (κ2) is 12.8. The monoisotopic (exact) mass is 589 g/mol.